The molecule has 0 saturated heterocycles. The van der Waals surface area contributed by atoms with Gasteiger partial charge in [0.2, 0.25) is 5.91 Å². The fraction of sp³-hybridized carbons (Fsp3) is 0.875. The highest BCUT2D eigenvalue weighted by molar-refractivity contribution is 7.91. The summed E-state index contributed by atoms with van der Waals surface area (Å²) in [6.07, 6.45) is 2.77. The fourth-order valence-electron chi connectivity index (χ4n) is 0.929. The molecule has 84 valence electrons. The zero-order valence-electron chi connectivity index (χ0n) is 8.42. The van der Waals surface area contributed by atoms with Crippen LogP contribution in [0.2, 0.25) is 0 Å². The van der Waals surface area contributed by atoms with E-state index in [1.54, 1.807) is 0 Å². The van der Waals surface area contributed by atoms with E-state index in [2.05, 4.69) is 5.32 Å². The van der Waals surface area contributed by atoms with Crippen LogP contribution in [-0.4, -0.2) is 38.3 Å². The second-order valence-corrected chi connectivity index (χ2v) is 6.02. The second kappa shape index (κ2) is 6.24. The Labute approximate surface area is 89.9 Å². The largest absolute Gasteiger partial charge is 0.354 e. The van der Waals surface area contributed by atoms with E-state index < -0.39 is 21.5 Å². The van der Waals surface area contributed by atoms with E-state index in [-0.39, 0.29) is 5.38 Å². The summed E-state index contributed by atoms with van der Waals surface area (Å²) in [6, 6.07) is 0. The van der Waals surface area contributed by atoms with E-state index >= 15 is 0 Å². The molecule has 0 aromatic carbocycles. The third-order valence-corrected chi connectivity index (χ3v) is 2.67. The van der Waals surface area contributed by atoms with Crippen LogP contribution < -0.4 is 5.32 Å². The lowest BCUT2D eigenvalue weighted by Crippen LogP contribution is -2.34. The molecule has 0 aliphatic carbocycles. The van der Waals surface area contributed by atoms with Gasteiger partial charge >= 0.3 is 0 Å². The smallest absolute Gasteiger partial charge is 0.235 e. The van der Waals surface area contributed by atoms with Crippen molar-refractivity contribution < 1.29 is 13.2 Å². The zero-order chi connectivity index (χ0) is 11.2. The van der Waals surface area contributed by atoms with Crippen LogP contribution in [-0.2, 0) is 14.6 Å². The predicted octanol–water partition coefficient (Wildman–Crippen LogP) is 0.555. The lowest BCUT2D eigenvalue weighted by molar-refractivity contribution is -0.118. The van der Waals surface area contributed by atoms with Gasteiger partial charge in [0.05, 0.1) is 5.38 Å². The van der Waals surface area contributed by atoms with E-state index in [4.69, 9.17) is 11.6 Å². The Morgan fingerprint density at radius 2 is 2.07 bits per heavy atom. The Kier molecular flexibility index (Phi) is 6.11. The summed E-state index contributed by atoms with van der Waals surface area (Å²) in [6.45, 7) is 2.32. The molecule has 1 N–H and O–H groups in total. The molecule has 1 atom stereocenters. The molecule has 0 aliphatic heterocycles. The first-order chi connectivity index (χ1) is 6.35. The molecule has 14 heavy (non-hydrogen) atoms. The van der Waals surface area contributed by atoms with Gasteiger partial charge in [0.1, 0.15) is 5.75 Å². The number of rotatable bonds is 6. The predicted molar refractivity (Wildman–Crippen MR) is 57.3 cm³/mol. The quantitative estimate of drug-likeness (QED) is 0.691. The van der Waals surface area contributed by atoms with Crippen LogP contribution in [0.15, 0.2) is 0 Å². The molecular formula is C8H16ClNO3S. The van der Waals surface area contributed by atoms with Crippen LogP contribution in [0.4, 0.5) is 0 Å². The van der Waals surface area contributed by atoms with Crippen molar-refractivity contribution in [3.8, 4) is 0 Å². The van der Waals surface area contributed by atoms with Gasteiger partial charge in [-0.05, 0) is 6.42 Å². The van der Waals surface area contributed by atoms with Crippen molar-refractivity contribution in [2.75, 3.05) is 18.6 Å². The Hall–Kier alpha value is -0.290. The van der Waals surface area contributed by atoms with Crippen LogP contribution in [0.25, 0.3) is 0 Å². The van der Waals surface area contributed by atoms with Gasteiger partial charge < -0.3 is 5.32 Å². The van der Waals surface area contributed by atoms with Crippen molar-refractivity contribution in [2.24, 2.45) is 0 Å². The third kappa shape index (κ3) is 8.31. The van der Waals surface area contributed by atoms with Gasteiger partial charge in [-0.2, -0.15) is 0 Å². The molecule has 1 unspecified atom stereocenters. The highest BCUT2D eigenvalue weighted by atomic mass is 35.5. The average Bonchev–Trinajstić information content (AvgIpc) is 1.98. The number of amides is 1. The summed E-state index contributed by atoms with van der Waals surface area (Å²) in [5.74, 6) is -0.961. The molecule has 0 fully saturated rings. The molecule has 0 aromatic heterocycles. The summed E-state index contributed by atoms with van der Waals surface area (Å²) >= 11 is 5.83. The molecule has 0 aromatic rings. The standard InChI is InChI=1S/C8H16ClNO3S/c1-3-4-7(9)5-10-8(11)6-14(2,12)13/h7H,3-6H2,1-2H3,(H,10,11). The van der Waals surface area contributed by atoms with Crippen LogP contribution in [0.5, 0.6) is 0 Å². The van der Waals surface area contributed by atoms with Crippen LogP contribution >= 0.6 is 11.6 Å². The summed E-state index contributed by atoms with van der Waals surface area (Å²) < 4.78 is 21.4. The maximum atomic E-state index is 11.0. The molecule has 0 bridgehead atoms. The van der Waals surface area contributed by atoms with Crippen molar-refractivity contribution in [1.29, 1.82) is 0 Å². The number of sulfone groups is 1. The third-order valence-electron chi connectivity index (χ3n) is 1.52. The molecule has 0 aliphatic rings. The number of nitrogens with one attached hydrogen (secondary N) is 1. The first-order valence-electron chi connectivity index (χ1n) is 4.43. The summed E-state index contributed by atoms with van der Waals surface area (Å²) in [7, 11) is -3.24. The van der Waals surface area contributed by atoms with E-state index in [0.29, 0.717) is 6.54 Å². The van der Waals surface area contributed by atoms with E-state index in [1.165, 1.54) is 0 Å². The first kappa shape index (κ1) is 13.7. The molecule has 0 rings (SSSR count). The normalized spacial score (nSPS) is 13.6. The Morgan fingerprint density at radius 1 is 1.50 bits per heavy atom. The number of carbonyl (C=O) groups is 1. The van der Waals surface area contributed by atoms with E-state index in [9.17, 15) is 13.2 Å². The van der Waals surface area contributed by atoms with E-state index in [1.807, 2.05) is 6.92 Å². The molecular weight excluding hydrogens is 226 g/mol. The Balaban J connectivity index is 3.75. The van der Waals surface area contributed by atoms with Gasteiger partial charge in [-0.25, -0.2) is 8.42 Å². The minimum atomic E-state index is -3.24. The first-order valence-corrected chi connectivity index (χ1v) is 6.93. The van der Waals surface area contributed by atoms with Crippen molar-refractivity contribution in [1.82, 2.24) is 5.32 Å². The number of carbonyl (C=O) groups excluding carboxylic acids is 1. The molecule has 6 heteroatoms. The van der Waals surface area contributed by atoms with Crippen molar-refractivity contribution in [3.63, 3.8) is 0 Å². The van der Waals surface area contributed by atoms with Crippen molar-refractivity contribution in [3.05, 3.63) is 0 Å². The number of hydrogen-bond acceptors (Lipinski definition) is 3. The SMILES string of the molecule is CCCC(Cl)CNC(=O)CS(C)(=O)=O. The maximum Gasteiger partial charge on any atom is 0.235 e. The number of halogens is 1. The molecule has 0 heterocycles. The highest BCUT2D eigenvalue weighted by Crippen LogP contribution is 2.02. The van der Waals surface area contributed by atoms with Gasteiger partial charge in [0.15, 0.2) is 9.84 Å². The zero-order valence-corrected chi connectivity index (χ0v) is 9.99. The molecule has 4 nitrogen and oxygen atoms in total. The molecule has 0 radical (unpaired) electrons. The monoisotopic (exact) mass is 241 g/mol. The van der Waals surface area contributed by atoms with Crippen molar-refractivity contribution >= 4 is 27.3 Å². The minimum Gasteiger partial charge on any atom is -0.354 e. The molecule has 0 spiro atoms. The summed E-state index contributed by atoms with van der Waals surface area (Å²) in [5.41, 5.74) is 0. The lowest BCUT2D eigenvalue weighted by atomic mass is 10.2. The van der Waals surface area contributed by atoms with Gasteiger partial charge in [-0.15, -0.1) is 11.6 Å². The Morgan fingerprint density at radius 3 is 2.50 bits per heavy atom. The maximum absolute atomic E-state index is 11.0. The molecule has 1 amide bonds. The topological polar surface area (TPSA) is 63.2 Å². The second-order valence-electron chi connectivity index (χ2n) is 3.26. The average molecular weight is 242 g/mol. The van der Waals surface area contributed by atoms with Crippen LogP contribution in [0.1, 0.15) is 19.8 Å². The number of hydrogen-bond donors (Lipinski definition) is 1. The van der Waals surface area contributed by atoms with Crippen LogP contribution in [0, 0.1) is 0 Å². The van der Waals surface area contributed by atoms with Gasteiger partial charge in [0.25, 0.3) is 0 Å². The van der Waals surface area contributed by atoms with E-state index in [0.717, 1.165) is 19.1 Å². The van der Waals surface area contributed by atoms with Gasteiger partial charge in [-0.3, -0.25) is 4.79 Å². The van der Waals surface area contributed by atoms with Gasteiger partial charge in [0, 0.05) is 12.8 Å². The van der Waals surface area contributed by atoms with Gasteiger partial charge in [-0.1, -0.05) is 13.3 Å². The lowest BCUT2D eigenvalue weighted by Gasteiger charge is -2.08. The Bertz CT molecular complexity index is 276. The fourth-order valence-corrected chi connectivity index (χ4v) is 1.80. The highest BCUT2D eigenvalue weighted by Gasteiger charge is 2.11. The number of alkyl halides is 1. The van der Waals surface area contributed by atoms with Crippen molar-refractivity contribution in [2.45, 2.75) is 25.1 Å². The minimum absolute atomic E-state index is 0.122. The molecule has 0 saturated carbocycles. The summed E-state index contributed by atoms with van der Waals surface area (Å²) in [5, 5.41) is 2.35. The van der Waals surface area contributed by atoms with Crippen LogP contribution in [0.3, 0.4) is 0 Å². The summed E-state index contributed by atoms with van der Waals surface area (Å²) in [4.78, 5) is 11.0.